The van der Waals surface area contributed by atoms with Gasteiger partial charge < -0.3 is 15.2 Å². The lowest BCUT2D eigenvalue weighted by atomic mass is 9.98. The maximum atomic E-state index is 5.93. The standard InChI is InChI=1S/C17H28N2O2/c1-13(2)21-16-6-4-14(5-7-16)12-19-9-8-17(20-3)10-15(19)11-18/h4-7,13,15,17H,8-12,18H2,1-3H3. The highest BCUT2D eigenvalue weighted by molar-refractivity contribution is 5.27. The van der Waals surface area contributed by atoms with Gasteiger partial charge in [-0.25, -0.2) is 0 Å². The topological polar surface area (TPSA) is 47.7 Å². The zero-order valence-corrected chi connectivity index (χ0v) is 13.4. The van der Waals surface area contributed by atoms with Crippen LogP contribution < -0.4 is 10.5 Å². The van der Waals surface area contributed by atoms with Crippen molar-refractivity contribution in [2.24, 2.45) is 5.73 Å². The summed E-state index contributed by atoms with van der Waals surface area (Å²) >= 11 is 0. The van der Waals surface area contributed by atoms with Crippen molar-refractivity contribution < 1.29 is 9.47 Å². The number of likely N-dealkylation sites (tertiary alicyclic amines) is 1. The normalized spacial score (nSPS) is 23.5. The highest BCUT2D eigenvalue weighted by Gasteiger charge is 2.27. The Labute approximate surface area is 128 Å². The first kappa shape index (κ1) is 16.3. The van der Waals surface area contributed by atoms with E-state index >= 15 is 0 Å². The second-order valence-corrected chi connectivity index (χ2v) is 6.05. The van der Waals surface area contributed by atoms with E-state index in [1.165, 1.54) is 5.56 Å². The van der Waals surface area contributed by atoms with Gasteiger partial charge in [-0.15, -0.1) is 0 Å². The fourth-order valence-corrected chi connectivity index (χ4v) is 2.91. The Balaban J connectivity index is 1.94. The van der Waals surface area contributed by atoms with Crippen LogP contribution >= 0.6 is 0 Å². The highest BCUT2D eigenvalue weighted by Crippen LogP contribution is 2.22. The van der Waals surface area contributed by atoms with Gasteiger partial charge in [-0.1, -0.05) is 12.1 Å². The molecule has 0 bridgehead atoms. The third-order valence-corrected chi connectivity index (χ3v) is 4.08. The molecular formula is C17H28N2O2. The lowest BCUT2D eigenvalue weighted by Crippen LogP contribution is -2.47. The minimum atomic E-state index is 0.213. The number of hydrogen-bond donors (Lipinski definition) is 1. The summed E-state index contributed by atoms with van der Waals surface area (Å²) in [6, 6.07) is 8.81. The predicted molar refractivity (Wildman–Crippen MR) is 85.5 cm³/mol. The number of piperidine rings is 1. The first-order valence-electron chi connectivity index (χ1n) is 7.85. The van der Waals surface area contributed by atoms with Gasteiger partial charge in [-0.2, -0.15) is 0 Å². The largest absolute Gasteiger partial charge is 0.491 e. The van der Waals surface area contributed by atoms with Gasteiger partial charge in [0, 0.05) is 32.8 Å². The summed E-state index contributed by atoms with van der Waals surface area (Å²) in [5.41, 5.74) is 7.23. The van der Waals surface area contributed by atoms with E-state index in [1.54, 1.807) is 7.11 Å². The Morgan fingerprint density at radius 2 is 2.00 bits per heavy atom. The van der Waals surface area contributed by atoms with Crippen molar-refractivity contribution >= 4 is 0 Å². The Hall–Kier alpha value is -1.10. The van der Waals surface area contributed by atoms with E-state index in [-0.39, 0.29) is 6.10 Å². The quantitative estimate of drug-likeness (QED) is 0.874. The summed E-state index contributed by atoms with van der Waals surface area (Å²) in [5.74, 6) is 0.933. The SMILES string of the molecule is COC1CCN(Cc2ccc(OC(C)C)cc2)C(CN)C1. The molecule has 1 aromatic rings. The van der Waals surface area contributed by atoms with E-state index in [1.807, 2.05) is 13.8 Å². The van der Waals surface area contributed by atoms with E-state index in [0.29, 0.717) is 18.7 Å². The molecule has 1 aliphatic heterocycles. The molecule has 0 aromatic heterocycles. The van der Waals surface area contributed by atoms with Crippen LogP contribution in [0.25, 0.3) is 0 Å². The van der Waals surface area contributed by atoms with Crippen LogP contribution in [0.5, 0.6) is 5.75 Å². The molecule has 2 atom stereocenters. The van der Waals surface area contributed by atoms with Crippen LogP contribution in [0.15, 0.2) is 24.3 Å². The number of nitrogens with zero attached hydrogens (tertiary/aromatic N) is 1. The molecule has 1 saturated heterocycles. The molecule has 0 saturated carbocycles. The first-order chi connectivity index (χ1) is 10.1. The van der Waals surface area contributed by atoms with Crippen LogP contribution in [0, 0.1) is 0 Å². The zero-order chi connectivity index (χ0) is 15.2. The molecule has 2 unspecified atom stereocenters. The number of ether oxygens (including phenoxy) is 2. The zero-order valence-electron chi connectivity index (χ0n) is 13.4. The Morgan fingerprint density at radius 3 is 2.57 bits per heavy atom. The second kappa shape index (κ2) is 7.78. The summed E-state index contributed by atoms with van der Waals surface area (Å²) in [4.78, 5) is 2.47. The van der Waals surface area contributed by atoms with Gasteiger partial charge in [0.2, 0.25) is 0 Å². The monoisotopic (exact) mass is 292 g/mol. The molecule has 1 heterocycles. The van der Waals surface area contributed by atoms with Gasteiger partial charge in [-0.05, 0) is 44.4 Å². The predicted octanol–water partition coefficient (Wildman–Crippen LogP) is 2.41. The van der Waals surface area contributed by atoms with Crippen molar-refractivity contribution in [2.75, 3.05) is 20.2 Å². The van der Waals surface area contributed by atoms with Crippen LogP contribution in [-0.2, 0) is 11.3 Å². The summed E-state index contributed by atoms with van der Waals surface area (Å²) in [6.07, 6.45) is 2.69. The van der Waals surface area contributed by atoms with Gasteiger partial charge >= 0.3 is 0 Å². The molecule has 1 aromatic carbocycles. The number of methoxy groups -OCH3 is 1. The van der Waals surface area contributed by atoms with Gasteiger partial charge in [0.25, 0.3) is 0 Å². The summed E-state index contributed by atoms with van der Waals surface area (Å²) < 4.78 is 11.2. The Kier molecular flexibility index (Phi) is 6.03. The molecule has 118 valence electrons. The lowest BCUT2D eigenvalue weighted by Gasteiger charge is -2.38. The summed E-state index contributed by atoms with van der Waals surface area (Å²) in [6.45, 7) is 6.76. The van der Waals surface area contributed by atoms with Gasteiger partial charge in [-0.3, -0.25) is 4.90 Å². The Morgan fingerprint density at radius 1 is 1.29 bits per heavy atom. The molecule has 1 aliphatic rings. The fraction of sp³-hybridized carbons (Fsp3) is 0.647. The van der Waals surface area contributed by atoms with Gasteiger partial charge in [0.15, 0.2) is 0 Å². The van der Waals surface area contributed by atoms with Crippen molar-refractivity contribution in [3.05, 3.63) is 29.8 Å². The molecule has 2 rings (SSSR count). The van der Waals surface area contributed by atoms with Crippen LogP contribution in [0.3, 0.4) is 0 Å². The van der Waals surface area contributed by atoms with Crippen molar-refractivity contribution in [1.82, 2.24) is 4.90 Å². The molecular weight excluding hydrogens is 264 g/mol. The van der Waals surface area contributed by atoms with E-state index in [4.69, 9.17) is 15.2 Å². The van der Waals surface area contributed by atoms with Crippen molar-refractivity contribution in [1.29, 1.82) is 0 Å². The third kappa shape index (κ3) is 4.70. The Bertz CT molecular complexity index is 419. The molecule has 0 amide bonds. The average Bonchev–Trinajstić information content (AvgIpc) is 2.49. The van der Waals surface area contributed by atoms with Crippen LogP contribution in [0.2, 0.25) is 0 Å². The molecule has 0 spiro atoms. The van der Waals surface area contributed by atoms with E-state index in [9.17, 15) is 0 Å². The molecule has 0 aliphatic carbocycles. The van der Waals surface area contributed by atoms with Crippen molar-refractivity contribution in [3.63, 3.8) is 0 Å². The average molecular weight is 292 g/mol. The molecule has 0 radical (unpaired) electrons. The lowest BCUT2D eigenvalue weighted by molar-refractivity contribution is 0.0102. The molecule has 2 N–H and O–H groups in total. The maximum absolute atomic E-state index is 5.93. The van der Waals surface area contributed by atoms with E-state index in [2.05, 4.69) is 29.2 Å². The van der Waals surface area contributed by atoms with Gasteiger partial charge in [0.1, 0.15) is 5.75 Å². The number of benzene rings is 1. The molecule has 21 heavy (non-hydrogen) atoms. The molecule has 4 nitrogen and oxygen atoms in total. The smallest absolute Gasteiger partial charge is 0.119 e. The van der Waals surface area contributed by atoms with Gasteiger partial charge in [0.05, 0.1) is 12.2 Å². The number of hydrogen-bond acceptors (Lipinski definition) is 4. The first-order valence-corrected chi connectivity index (χ1v) is 7.85. The molecule has 1 fully saturated rings. The van der Waals surface area contributed by atoms with E-state index < -0.39 is 0 Å². The number of nitrogens with two attached hydrogens (primary N) is 1. The van der Waals surface area contributed by atoms with Crippen LogP contribution in [0.4, 0.5) is 0 Å². The summed E-state index contributed by atoms with van der Waals surface area (Å²) in [7, 11) is 1.79. The molecule has 4 heteroatoms. The highest BCUT2D eigenvalue weighted by atomic mass is 16.5. The van der Waals surface area contributed by atoms with Crippen molar-refractivity contribution in [2.45, 2.75) is 51.5 Å². The van der Waals surface area contributed by atoms with Crippen LogP contribution in [0.1, 0.15) is 32.3 Å². The van der Waals surface area contributed by atoms with Crippen molar-refractivity contribution in [3.8, 4) is 5.75 Å². The maximum Gasteiger partial charge on any atom is 0.119 e. The van der Waals surface area contributed by atoms with E-state index in [0.717, 1.165) is 31.7 Å². The minimum Gasteiger partial charge on any atom is -0.491 e. The number of rotatable bonds is 6. The summed E-state index contributed by atoms with van der Waals surface area (Å²) in [5, 5.41) is 0. The second-order valence-electron chi connectivity index (χ2n) is 6.05. The minimum absolute atomic E-state index is 0.213. The van der Waals surface area contributed by atoms with Crippen LogP contribution in [-0.4, -0.2) is 43.3 Å². The fourth-order valence-electron chi connectivity index (χ4n) is 2.91. The third-order valence-electron chi connectivity index (χ3n) is 4.08.